The number of rotatable bonds is 6. The zero-order chi connectivity index (χ0) is 23.4. The molecule has 0 spiro atoms. The Morgan fingerprint density at radius 3 is 2.45 bits per heavy atom. The largest absolute Gasteiger partial charge is 0.497 e. The Morgan fingerprint density at radius 2 is 1.70 bits per heavy atom. The summed E-state index contributed by atoms with van der Waals surface area (Å²) in [4.78, 5) is 30.1. The molecule has 0 radical (unpaired) electrons. The number of benzene rings is 3. The van der Waals surface area contributed by atoms with Crippen LogP contribution in [-0.2, 0) is 9.53 Å². The SMILES string of the molecule is COc1ccc(-c2cc(C(=O)OCC(=O)Nc3cc(C)ccc3C)c3ccccc3n2)cc1. The van der Waals surface area contributed by atoms with Gasteiger partial charge in [0.2, 0.25) is 0 Å². The van der Waals surface area contributed by atoms with E-state index in [0.29, 0.717) is 27.8 Å². The summed E-state index contributed by atoms with van der Waals surface area (Å²) < 4.78 is 10.6. The number of amides is 1. The van der Waals surface area contributed by atoms with Gasteiger partial charge in [0.25, 0.3) is 5.91 Å². The van der Waals surface area contributed by atoms with Crippen molar-refractivity contribution < 1.29 is 19.1 Å². The zero-order valence-electron chi connectivity index (χ0n) is 18.7. The number of hydrogen-bond donors (Lipinski definition) is 1. The van der Waals surface area contributed by atoms with E-state index in [9.17, 15) is 9.59 Å². The van der Waals surface area contributed by atoms with Crippen LogP contribution in [0.15, 0.2) is 72.8 Å². The number of nitrogens with one attached hydrogen (secondary N) is 1. The number of pyridine rings is 1. The van der Waals surface area contributed by atoms with Crippen molar-refractivity contribution >= 4 is 28.5 Å². The van der Waals surface area contributed by atoms with Crippen LogP contribution in [0.4, 0.5) is 5.69 Å². The van der Waals surface area contributed by atoms with Crippen molar-refractivity contribution in [3.8, 4) is 17.0 Å². The molecule has 0 aliphatic carbocycles. The number of carbonyl (C=O) groups excluding carboxylic acids is 2. The predicted octanol–water partition coefficient (Wildman–Crippen LogP) is 5.32. The van der Waals surface area contributed by atoms with E-state index in [2.05, 4.69) is 10.3 Å². The molecule has 6 heteroatoms. The van der Waals surface area contributed by atoms with Gasteiger partial charge in [-0.15, -0.1) is 0 Å². The second-order valence-electron chi connectivity index (χ2n) is 7.74. The highest BCUT2D eigenvalue weighted by Crippen LogP contribution is 2.27. The number of carbonyl (C=O) groups is 2. The molecule has 3 aromatic carbocycles. The van der Waals surface area contributed by atoms with Crippen molar-refractivity contribution in [2.75, 3.05) is 19.0 Å². The van der Waals surface area contributed by atoms with Crippen molar-refractivity contribution in [3.63, 3.8) is 0 Å². The van der Waals surface area contributed by atoms with E-state index in [1.54, 1.807) is 13.2 Å². The molecule has 4 rings (SSSR count). The number of aromatic nitrogens is 1. The molecule has 6 nitrogen and oxygen atoms in total. The Labute approximate surface area is 192 Å². The topological polar surface area (TPSA) is 77.5 Å². The van der Waals surface area contributed by atoms with Crippen LogP contribution in [0.25, 0.3) is 22.2 Å². The van der Waals surface area contributed by atoms with Gasteiger partial charge in [-0.1, -0.05) is 30.3 Å². The first-order valence-corrected chi connectivity index (χ1v) is 10.5. The first-order valence-electron chi connectivity index (χ1n) is 10.5. The summed E-state index contributed by atoms with van der Waals surface area (Å²) in [5.41, 5.74) is 5.15. The Balaban J connectivity index is 1.56. The van der Waals surface area contributed by atoms with Crippen molar-refractivity contribution in [2.45, 2.75) is 13.8 Å². The van der Waals surface area contributed by atoms with E-state index in [1.165, 1.54) is 0 Å². The van der Waals surface area contributed by atoms with Crippen molar-refractivity contribution in [1.82, 2.24) is 4.98 Å². The van der Waals surface area contributed by atoms with Crippen LogP contribution in [0, 0.1) is 13.8 Å². The number of anilines is 1. The van der Waals surface area contributed by atoms with E-state index in [-0.39, 0.29) is 6.61 Å². The lowest BCUT2D eigenvalue weighted by molar-refractivity contribution is -0.119. The quantitative estimate of drug-likeness (QED) is 0.411. The highest BCUT2D eigenvalue weighted by atomic mass is 16.5. The van der Waals surface area contributed by atoms with Gasteiger partial charge in [0.15, 0.2) is 6.61 Å². The van der Waals surface area contributed by atoms with Crippen molar-refractivity contribution in [2.24, 2.45) is 0 Å². The first kappa shape index (κ1) is 22.0. The predicted molar refractivity (Wildman–Crippen MR) is 129 cm³/mol. The van der Waals surface area contributed by atoms with Crippen LogP contribution in [0.5, 0.6) is 5.75 Å². The van der Waals surface area contributed by atoms with Gasteiger partial charge in [-0.2, -0.15) is 0 Å². The standard InChI is InChI=1S/C27H24N2O4/c1-17-8-9-18(2)24(14-17)29-26(30)16-33-27(31)22-15-25(19-10-12-20(32-3)13-11-19)28-23-7-5-4-6-21(22)23/h4-15H,16H2,1-3H3,(H,29,30). The molecule has 1 N–H and O–H groups in total. The number of methoxy groups -OCH3 is 1. The van der Waals surface area contributed by atoms with Crippen LogP contribution >= 0.6 is 0 Å². The molecule has 0 saturated heterocycles. The van der Waals surface area contributed by atoms with Gasteiger partial charge in [-0.3, -0.25) is 4.79 Å². The maximum atomic E-state index is 13.0. The highest BCUT2D eigenvalue weighted by Gasteiger charge is 2.17. The Hall–Kier alpha value is -4.19. The molecule has 0 unspecified atom stereocenters. The number of fused-ring (bicyclic) bond motifs is 1. The molecule has 166 valence electrons. The van der Waals surface area contributed by atoms with Crippen LogP contribution < -0.4 is 10.1 Å². The fraction of sp³-hybridized carbons (Fsp3) is 0.148. The third-order valence-corrected chi connectivity index (χ3v) is 5.32. The molecule has 0 fully saturated rings. The maximum Gasteiger partial charge on any atom is 0.339 e. The molecular weight excluding hydrogens is 416 g/mol. The average molecular weight is 440 g/mol. The molecule has 1 aromatic heterocycles. The molecule has 0 aliphatic rings. The summed E-state index contributed by atoms with van der Waals surface area (Å²) in [6.45, 7) is 3.47. The second-order valence-corrected chi connectivity index (χ2v) is 7.74. The molecule has 1 amide bonds. The minimum Gasteiger partial charge on any atom is -0.497 e. The Bertz CT molecular complexity index is 1330. The lowest BCUT2D eigenvalue weighted by Gasteiger charge is -2.12. The van der Waals surface area contributed by atoms with Gasteiger partial charge in [-0.25, -0.2) is 9.78 Å². The molecule has 0 aliphatic heterocycles. The summed E-state index contributed by atoms with van der Waals surface area (Å²) in [6.07, 6.45) is 0. The number of para-hydroxylation sites is 1. The lowest BCUT2D eigenvalue weighted by Crippen LogP contribution is -2.21. The molecule has 0 atom stereocenters. The molecule has 0 bridgehead atoms. The van der Waals surface area contributed by atoms with Gasteiger partial charge in [0, 0.05) is 16.6 Å². The molecule has 0 saturated carbocycles. The molecule has 33 heavy (non-hydrogen) atoms. The van der Waals surface area contributed by atoms with Crippen LogP contribution in [0.3, 0.4) is 0 Å². The fourth-order valence-electron chi connectivity index (χ4n) is 3.52. The van der Waals surface area contributed by atoms with Gasteiger partial charge in [-0.05, 0) is 67.4 Å². The molecular formula is C27H24N2O4. The average Bonchev–Trinajstić information content (AvgIpc) is 2.84. The van der Waals surface area contributed by atoms with E-state index in [4.69, 9.17) is 9.47 Å². The first-order chi connectivity index (χ1) is 15.9. The summed E-state index contributed by atoms with van der Waals surface area (Å²) >= 11 is 0. The number of hydrogen-bond acceptors (Lipinski definition) is 5. The fourth-order valence-corrected chi connectivity index (χ4v) is 3.52. The van der Waals surface area contributed by atoms with Gasteiger partial charge >= 0.3 is 5.97 Å². The van der Waals surface area contributed by atoms with Crippen molar-refractivity contribution in [3.05, 3.63) is 89.5 Å². The van der Waals surface area contributed by atoms with Gasteiger partial charge in [0.05, 0.1) is 23.9 Å². The third kappa shape index (κ3) is 5.01. The van der Waals surface area contributed by atoms with E-state index in [0.717, 1.165) is 22.4 Å². The van der Waals surface area contributed by atoms with E-state index >= 15 is 0 Å². The molecule has 4 aromatic rings. The maximum absolute atomic E-state index is 13.0. The summed E-state index contributed by atoms with van der Waals surface area (Å²) in [5, 5.41) is 3.46. The van der Waals surface area contributed by atoms with E-state index < -0.39 is 11.9 Å². The second kappa shape index (κ2) is 9.53. The van der Waals surface area contributed by atoms with Crippen LogP contribution in [-0.4, -0.2) is 30.6 Å². The van der Waals surface area contributed by atoms with Gasteiger partial charge in [0.1, 0.15) is 5.75 Å². The minimum absolute atomic E-state index is 0.353. The number of nitrogens with zero attached hydrogens (tertiary/aromatic N) is 1. The normalized spacial score (nSPS) is 10.6. The van der Waals surface area contributed by atoms with Crippen molar-refractivity contribution in [1.29, 1.82) is 0 Å². The van der Waals surface area contributed by atoms with E-state index in [1.807, 2.05) is 80.6 Å². The number of esters is 1. The minimum atomic E-state index is -0.584. The van der Waals surface area contributed by atoms with Crippen LogP contribution in [0.2, 0.25) is 0 Å². The van der Waals surface area contributed by atoms with Gasteiger partial charge < -0.3 is 14.8 Å². The smallest absolute Gasteiger partial charge is 0.339 e. The van der Waals surface area contributed by atoms with Crippen LogP contribution in [0.1, 0.15) is 21.5 Å². The summed E-state index contributed by atoms with van der Waals surface area (Å²) in [7, 11) is 1.60. The Kier molecular flexibility index (Phi) is 6.36. The number of aryl methyl sites for hydroxylation is 2. The third-order valence-electron chi connectivity index (χ3n) is 5.32. The zero-order valence-corrected chi connectivity index (χ0v) is 18.7. The Morgan fingerprint density at radius 1 is 0.939 bits per heavy atom. The number of ether oxygens (including phenoxy) is 2. The molecule has 1 heterocycles. The lowest BCUT2D eigenvalue weighted by atomic mass is 10.0. The summed E-state index contributed by atoms with van der Waals surface area (Å²) in [6, 6.07) is 22.2. The highest BCUT2D eigenvalue weighted by molar-refractivity contribution is 6.05. The monoisotopic (exact) mass is 440 g/mol. The summed E-state index contributed by atoms with van der Waals surface area (Å²) in [5.74, 6) is -0.251.